The molecule has 0 saturated heterocycles. The zero-order chi connectivity index (χ0) is 9.84. The van der Waals surface area contributed by atoms with Crippen LogP contribution in [-0.2, 0) is 4.79 Å². The molecule has 1 atom stereocenters. The molecule has 2 nitrogen and oxygen atoms in total. The highest BCUT2D eigenvalue weighted by Crippen LogP contribution is 2.20. The maximum Gasteiger partial charge on any atom is 0.150 e. The van der Waals surface area contributed by atoms with Crippen LogP contribution in [0, 0.1) is 0 Å². The maximum absolute atomic E-state index is 10.6. The topological polar surface area (TPSA) is 34.1 Å². The predicted octanol–water partition coefficient (Wildman–Crippen LogP) is 2.09. The molecule has 0 N–H and O–H groups in total. The quantitative estimate of drug-likeness (QED) is 0.590. The number of hydrogen-bond acceptors (Lipinski definition) is 3. The number of aldehydes is 2. The Morgan fingerprint density at radius 3 is 2.62 bits per heavy atom. The zero-order valence-electron chi connectivity index (χ0n) is 7.23. The van der Waals surface area contributed by atoms with Crippen molar-refractivity contribution in [2.75, 3.05) is 0 Å². The third-order valence-electron chi connectivity index (χ3n) is 1.89. The molecule has 0 spiro atoms. The van der Waals surface area contributed by atoms with Crippen LogP contribution in [0.3, 0.4) is 0 Å². The minimum atomic E-state index is -0.257. The Kier molecular flexibility index (Phi) is 3.25. The Morgan fingerprint density at radius 1 is 1.38 bits per heavy atom. The minimum absolute atomic E-state index is 0.257. The van der Waals surface area contributed by atoms with Crippen LogP contribution in [0.25, 0.3) is 0 Å². The molecule has 0 amide bonds. The lowest BCUT2D eigenvalue weighted by Crippen LogP contribution is -1.99. The van der Waals surface area contributed by atoms with E-state index in [0.29, 0.717) is 5.56 Å². The Labute approximate surface area is 82.4 Å². The van der Waals surface area contributed by atoms with Gasteiger partial charge in [0.1, 0.15) is 12.6 Å². The molecular weight excluding hydrogens is 184 g/mol. The summed E-state index contributed by atoms with van der Waals surface area (Å²) in [4.78, 5) is 21.9. The molecule has 0 aliphatic carbocycles. The predicted molar refractivity (Wildman–Crippen MR) is 53.6 cm³/mol. The normalized spacial score (nSPS) is 12.2. The van der Waals surface area contributed by atoms with Crippen molar-refractivity contribution in [3.05, 3.63) is 29.3 Å². The Balaban J connectivity index is 3.22. The van der Waals surface area contributed by atoms with E-state index in [1.165, 1.54) is 0 Å². The molecular formula is C10H10O2S. The molecule has 0 radical (unpaired) electrons. The monoisotopic (exact) mass is 194 g/mol. The van der Waals surface area contributed by atoms with Crippen LogP contribution >= 0.6 is 12.6 Å². The second-order valence-corrected chi connectivity index (χ2v) is 3.37. The van der Waals surface area contributed by atoms with Crippen LogP contribution in [-0.4, -0.2) is 12.6 Å². The first-order chi connectivity index (χ1) is 6.19. The number of hydrogen-bond donors (Lipinski definition) is 1. The van der Waals surface area contributed by atoms with Gasteiger partial charge in [0, 0.05) is 16.4 Å². The molecule has 0 aliphatic rings. The van der Waals surface area contributed by atoms with Crippen LogP contribution in [0.1, 0.15) is 28.8 Å². The summed E-state index contributed by atoms with van der Waals surface area (Å²) in [6.07, 6.45) is 1.57. The van der Waals surface area contributed by atoms with Crippen LogP contribution < -0.4 is 0 Å². The highest BCUT2D eigenvalue weighted by Gasteiger charge is 2.09. The Morgan fingerprint density at radius 2 is 2.08 bits per heavy atom. The minimum Gasteiger partial charge on any atom is -0.303 e. The van der Waals surface area contributed by atoms with E-state index in [1.807, 2.05) is 0 Å². The lowest BCUT2D eigenvalue weighted by atomic mass is 9.98. The summed E-state index contributed by atoms with van der Waals surface area (Å²) in [5.41, 5.74) is 1.29. The van der Waals surface area contributed by atoms with Crippen LogP contribution in [0.2, 0.25) is 0 Å². The van der Waals surface area contributed by atoms with Gasteiger partial charge in [-0.1, -0.05) is 13.0 Å². The lowest BCUT2D eigenvalue weighted by molar-refractivity contribution is -0.108. The maximum atomic E-state index is 10.6. The summed E-state index contributed by atoms with van der Waals surface area (Å²) in [6.45, 7) is 1.75. The molecule has 0 aromatic heterocycles. The number of thiol groups is 1. The Hall–Kier alpha value is -1.09. The SMILES string of the molecule is CC(C=O)c1cc(S)ccc1C=O. The van der Waals surface area contributed by atoms with Crippen LogP contribution in [0.5, 0.6) is 0 Å². The third-order valence-corrected chi connectivity index (χ3v) is 2.17. The summed E-state index contributed by atoms with van der Waals surface area (Å²) in [5.74, 6) is -0.257. The van der Waals surface area contributed by atoms with Gasteiger partial charge in [-0.3, -0.25) is 4.79 Å². The molecule has 1 aromatic carbocycles. The van der Waals surface area contributed by atoms with E-state index in [1.54, 1.807) is 25.1 Å². The van der Waals surface area contributed by atoms with Crippen molar-refractivity contribution in [1.82, 2.24) is 0 Å². The van der Waals surface area contributed by atoms with Crippen LogP contribution in [0.4, 0.5) is 0 Å². The average molecular weight is 194 g/mol. The molecule has 0 fully saturated rings. The van der Waals surface area contributed by atoms with Crippen molar-refractivity contribution in [3.63, 3.8) is 0 Å². The first-order valence-electron chi connectivity index (χ1n) is 3.92. The fourth-order valence-corrected chi connectivity index (χ4v) is 1.35. The zero-order valence-corrected chi connectivity index (χ0v) is 8.12. The molecule has 0 bridgehead atoms. The molecule has 0 saturated carbocycles. The molecule has 1 aromatic rings. The van der Waals surface area contributed by atoms with E-state index >= 15 is 0 Å². The third kappa shape index (κ3) is 2.18. The van der Waals surface area contributed by atoms with Crippen molar-refractivity contribution < 1.29 is 9.59 Å². The molecule has 0 aliphatic heterocycles. The van der Waals surface area contributed by atoms with E-state index in [4.69, 9.17) is 0 Å². The smallest absolute Gasteiger partial charge is 0.150 e. The summed E-state index contributed by atoms with van der Waals surface area (Å²) in [5, 5.41) is 0. The molecule has 13 heavy (non-hydrogen) atoms. The van der Waals surface area contributed by atoms with Crippen molar-refractivity contribution in [2.45, 2.75) is 17.7 Å². The first kappa shape index (κ1) is 9.99. The van der Waals surface area contributed by atoms with E-state index < -0.39 is 0 Å². The van der Waals surface area contributed by atoms with Gasteiger partial charge in [0.15, 0.2) is 0 Å². The van der Waals surface area contributed by atoms with Gasteiger partial charge in [0.25, 0.3) is 0 Å². The number of carbonyl (C=O) groups is 2. The van der Waals surface area contributed by atoms with Gasteiger partial charge >= 0.3 is 0 Å². The van der Waals surface area contributed by atoms with E-state index in [-0.39, 0.29) is 5.92 Å². The van der Waals surface area contributed by atoms with Crippen molar-refractivity contribution >= 4 is 25.2 Å². The van der Waals surface area contributed by atoms with Crippen LogP contribution in [0.15, 0.2) is 23.1 Å². The summed E-state index contributed by atoms with van der Waals surface area (Å²) >= 11 is 4.14. The van der Waals surface area contributed by atoms with Crippen molar-refractivity contribution in [2.24, 2.45) is 0 Å². The highest BCUT2D eigenvalue weighted by atomic mass is 32.1. The van der Waals surface area contributed by atoms with Gasteiger partial charge in [0.2, 0.25) is 0 Å². The summed E-state index contributed by atoms with van der Waals surface area (Å²) in [7, 11) is 0. The van der Waals surface area contributed by atoms with Gasteiger partial charge < -0.3 is 4.79 Å². The van der Waals surface area contributed by atoms with Crippen molar-refractivity contribution in [1.29, 1.82) is 0 Å². The number of rotatable bonds is 3. The van der Waals surface area contributed by atoms with E-state index in [0.717, 1.165) is 23.0 Å². The second kappa shape index (κ2) is 4.23. The fraction of sp³-hybridized carbons (Fsp3) is 0.200. The van der Waals surface area contributed by atoms with Gasteiger partial charge in [-0.2, -0.15) is 0 Å². The first-order valence-corrected chi connectivity index (χ1v) is 4.37. The second-order valence-electron chi connectivity index (χ2n) is 2.86. The molecule has 0 heterocycles. The Bertz CT molecular complexity index is 334. The van der Waals surface area contributed by atoms with Crippen molar-refractivity contribution in [3.8, 4) is 0 Å². The van der Waals surface area contributed by atoms with Gasteiger partial charge in [-0.05, 0) is 17.7 Å². The standard InChI is InChI=1S/C10H10O2S/c1-7(5-11)10-4-9(13)3-2-8(10)6-12/h2-7,13H,1H3. The molecule has 1 unspecified atom stereocenters. The molecule has 3 heteroatoms. The van der Waals surface area contributed by atoms with Gasteiger partial charge in [-0.15, -0.1) is 12.6 Å². The highest BCUT2D eigenvalue weighted by molar-refractivity contribution is 7.80. The largest absolute Gasteiger partial charge is 0.303 e. The van der Waals surface area contributed by atoms with E-state index in [9.17, 15) is 9.59 Å². The van der Waals surface area contributed by atoms with Gasteiger partial charge in [0.05, 0.1) is 0 Å². The lowest BCUT2D eigenvalue weighted by Gasteiger charge is -2.07. The average Bonchev–Trinajstić information content (AvgIpc) is 2.16. The summed E-state index contributed by atoms with van der Waals surface area (Å²) < 4.78 is 0. The summed E-state index contributed by atoms with van der Waals surface area (Å²) in [6, 6.07) is 5.14. The number of benzene rings is 1. The number of carbonyl (C=O) groups excluding carboxylic acids is 2. The van der Waals surface area contributed by atoms with Gasteiger partial charge in [-0.25, -0.2) is 0 Å². The fourth-order valence-electron chi connectivity index (χ4n) is 1.14. The molecule has 1 rings (SSSR count). The van der Waals surface area contributed by atoms with E-state index in [2.05, 4.69) is 12.6 Å². The molecule has 68 valence electrons.